The van der Waals surface area contributed by atoms with E-state index in [2.05, 4.69) is 4.74 Å². The van der Waals surface area contributed by atoms with Crippen LogP contribution in [0.2, 0.25) is 0 Å². The summed E-state index contributed by atoms with van der Waals surface area (Å²) in [5, 5.41) is 0.938. The van der Waals surface area contributed by atoms with Crippen LogP contribution in [0.15, 0.2) is 35.7 Å². The molecule has 7 nitrogen and oxygen atoms in total. The standard InChI is InChI=1S/C13H16N2O5S/c1-10(13(14)17)20-12(16)9-15-21(18,19)8-7-11-5-3-2-4-6-11/h2-8,10,15H,9H2,1H3,(H2,14,17)/b8-7+/t10-/m1/s1. The van der Waals surface area contributed by atoms with Gasteiger partial charge >= 0.3 is 5.97 Å². The molecule has 0 aliphatic rings. The molecule has 1 amide bonds. The number of amides is 1. The SMILES string of the molecule is C[C@@H](OC(=O)CNS(=O)(=O)/C=C/c1ccccc1)C(N)=O. The molecule has 8 heteroatoms. The first-order chi connectivity index (χ1) is 9.80. The maximum absolute atomic E-state index is 11.6. The van der Waals surface area contributed by atoms with Crippen LogP contribution in [0.3, 0.4) is 0 Å². The zero-order valence-electron chi connectivity index (χ0n) is 11.4. The lowest BCUT2D eigenvalue weighted by molar-refractivity contribution is -0.152. The van der Waals surface area contributed by atoms with Crippen molar-refractivity contribution in [1.29, 1.82) is 0 Å². The molecule has 0 fully saturated rings. The normalized spacial score (nSPS) is 13.0. The lowest BCUT2D eigenvalue weighted by Crippen LogP contribution is -2.35. The van der Waals surface area contributed by atoms with Gasteiger partial charge in [0, 0.05) is 5.41 Å². The van der Waals surface area contributed by atoms with Gasteiger partial charge in [-0.05, 0) is 18.6 Å². The van der Waals surface area contributed by atoms with Crippen LogP contribution < -0.4 is 10.5 Å². The Bertz CT molecular complexity index is 625. The molecule has 3 N–H and O–H groups in total. The molecule has 0 saturated heterocycles. The maximum atomic E-state index is 11.6. The smallest absolute Gasteiger partial charge is 0.321 e. The molecule has 21 heavy (non-hydrogen) atoms. The van der Waals surface area contributed by atoms with Crippen LogP contribution in [0, 0.1) is 0 Å². The molecule has 1 aromatic carbocycles. The summed E-state index contributed by atoms with van der Waals surface area (Å²) < 4.78 is 29.9. The van der Waals surface area contributed by atoms with E-state index in [0.717, 1.165) is 5.41 Å². The molecule has 0 bridgehead atoms. The van der Waals surface area contributed by atoms with Crippen LogP contribution >= 0.6 is 0 Å². The number of rotatable bonds is 7. The van der Waals surface area contributed by atoms with Gasteiger partial charge in [0.25, 0.3) is 5.91 Å². The number of carbonyl (C=O) groups is 2. The van der Waals surface area contributed by atoms with Gasteiger partial charge in [-0.3, -0.25) is 9.59 Å². The van der Waals surface area contributed by atoms with Crippen molar-refractivity contribution >= 4 is 28.0 Å². The highest BCUT2D eigenvalue weighted by molar-refractivity contribution is 7.92. The second-order valence-corrected chi connectivity index (χ2v) is 5.76. The highest BCUT2D eigenvalue weighted by Crippen LogP contribution is 2.02. The Morgan fingerprint density at radius 1 is 1.33 bits per heavy atom. The van der Waals surface area contributed by atoms with E-state index in [9.17, 15) is 18.0 Å². The van der Waals surface area contributed by atoms with Crippen molar-refractivity contribution in [3.05, 3.63) is 41.3 Å². The Kier molecular flexibility index (Phi) is 6.07. The van der Waals surface area contributed by atoms with Crippen LogP contribution in [0.4, 0.5) is 0 Å². The van der Waals surface area contributed by atoms with E-state index in [4.69, 9.17) is 5.73 Å². The Hall–Kier alpha value is -2.19. The minimum absolute atomic E-state index is 0.584. The number of esters is 1. The summed E-state index contributed by atoms with van der Waals surface area (Å²) in [5.41, 5.74) is 5.61. The molecule has 1 rings (SSSR count). The zero-order chi connectivity index (χ0) is 15.9. The molecular formula is C13H16N2O5S. The lowest BCUT2D eigenvalue weighted by Gasteiger charge is -2.09. The summed E-state index contributed by atoms with van der Waals surface area (Å²) in [4.78, 5) is 22.0. The molecule has 1 aromatic rings. The van der Waals surface area contributed by atoms with Crippen LogP contribution in [0.25, 0.3) is 6.08 Å². The van der Waals surface area contributed by atoms with E-state index in [1.54, 1.807) is 30.3 Å². The number of sulfonamides is 1. The van der Waals surface area contributed by atoms with Crippen LogP contribution in [-0.2, 0) is 24.3 Å². The highest BCUT2D eigenvalue weighted by Gasteiger charge is 2.16. The van der Waals surface area contributed by atoms with Crippen molar-refractivity contribution < 1.29 is 22.7 Å². The van der Waals surface area contributed by atoms with Gasteiger partial charge in [0.05, 0.1) is 0 Å². The first-order valence-corrected chi connectivity index (χ1v) is 7.56. The fourth-order valence-corrected chi connectivity index (χ4v) is 1.99. The number of nitrogens with two attached hydrogens (primary N) is 1. The van der Waals surface area contributed by atoms with Crippen LogP contribution in [-0.4, -0.2) is 32.9 Å². The van der Waals surface area contributed by atoms with Crippen molar-refractivity contribution in [3.8, 4) is 0 Å². The van der Waals surface area contributed by atoms with Crippen molar-refractivity contribution in [1.82, 2.24) is 4.72 Å². The molecule has 1 atom stereocenters. The number of hydrogen-bond acceptors (Lipinski definition) is 5. The fraction of sp³-hybridized carbons (Fsp3) is 0.231. The fourth-order valence-electron chi connectivity index (χ4n) is 1.24. The predicted molar refractivity (Wildman–Crippen MR) is 77.1 cm³/mol. The van der Waals surface area contributed by atoms with Gasteiger partial charge in [0.15, 0.2) is 6.10 Å². The maximum Gasteiger partial charge on any atom is 0.321 e. The van der Waals surface area contributed by atoms with Gasteiger partial charge in [0.1, 0.15) is 6.54 Å². The molecule has 114 valence electrons. The Labute approximate surface area is 122 Å². The Morgan fingerprint density at radius 3 is 2.52 bits per heavy atom. The molecule has 0 aromatic heterocycles. The van der Waals surface area contributed by atoms with Gasteiger partial charge in [0.2, 0.25) is 10.0 Å². The molecule has 0 heterocycles. The number of primary amides is 1. The molecule has 0 unspecified atom stereocenters. The summed E-state index contributed by atoms with van der Waals surface area (Å²) in [5.74, 6) is -1.70. The lowest BCUT2D eigenvalue weighted by atomic mass is 10.2. The second-order valence-electron chi connectivity index (χ2n) is 4.11. The Morgan fingerprint density at radius 2 is 1.95 bits per heavy atom. The molecule has 0 aliphatic heterocycles. The quantitative estimate of drug-likeness (QED) is 0.687. The van der Waals surface area contributed by atoms with E-state index < -0.39 is 34.5 Å². The van der Waals surface area contributed by atoms with Crippen molar-refractivity contribution in [2.75, 3.05) is 6.54 Å². The molecule has 0 radical (unpaired) electrons. The molecule has 0 aliphatic carbocycles. The average Bonchev–Trinajstić information content (AvgIpc) is 2.44. The summed E-state index contributed by atoms with van der Waals surface area (Å²) in [6.07, 6.45) is 0.279. The van der Waals surface area contributed by atoms with E-state index in [-0.39, 0.29) is 0 Å². The largest absolute Gasteiger partial charge is 0.452 e. The minimum Gasteiger partial charge on any atom is -0.452 e. The minimum atomic E-state index is -3.78. The van der Waals surface area contributed by atoms with Crippen LogP contribution in [0.1, 0.15) is 12.5 Å². The van der Waals surface area contributed by atoms with Gasteiger partial charge < -0.3 is 10.5 Å². The van der Waals surface area contributed by atoms with Crippen molar-refractivity contribution in [3.63, 3.8) is 0 Å². The first-order valence-electron chi connectivity index (χ1n) is 6.02. The van der Waals surface area contributed by atoms with Gasteiger partial charge in [-0.1, -0.05) is 30.3 Å². The third kappa shape index (κ3) is 6.68. The first kappa shape index (κ1) is 16.9. The Balaban J connectivity index is 2.52. The summed E-state index contributed by atoms with van der Waals surface area (Å²) in [7, 11) is -3.78. The van der Waals surface area contributed by atoms with E-state index in [1.165, 1.54) is 13.0 Å². The number of benzene rings is 1. The van der Waals surface area contributed by atoms with Gasteiger partial charge in [-0.15, -0.1) is 0 Å². The van der Waals surface area contributed by atoms with Gasteiger partial charge in [-0.2, -0.15) is 0 Å². The summed E-state index contributed by atoms with van der Waals surface area (Å²) in [6, 6.07) is 8.80. The third-order valence-electron chi connectivity index (χ3n) is 2.37. The average molecular weight is 312 g/mol. The van der Waals surface area contributed by atoms with Crippen molar-refractivity contribution in [2.45, 2.75) is 13.0 Å². The molecule has 0 saturated carbocycles. The van der Waals surface area contributed by atoms with Gasteiger partial charge in [-0.25, -0.2) is 13.1 Å². The number of ether oxygens (including phenoxy) is 1. The van der Waals surface area contributed by atoms with Crippen LogP contribution in [0.5, 0.6) is 0 Å². The van der Waals surface area contributed by atoms with E-state index in [1.807, 2.05) is 4.72 Å². The van der Waals surface area contributed by atoms with E-state index in [0.29, 0.717) is 5.56 Å². The molecule has 0 spiro atoms. The topological polar surface area (TPSA) is 116 Å². The summed E-state index contributed by atoms with van der Waals surface area (Å²) in [6.45, 7) is 0.711. The number of carbonyl (C=O) groups excluding carboxylic acids is 2. The zero-order valence-corrected chi connectivity index (χ0v) is 12.2. The van der Waals surface area contributed by atoms with E-state index >= 15 is 0 Å². The molecular weight excluding hydrogens is 296 g/mol. The number of nitrogens with one attached hydrogen (secondary N) is 1. The van der Waals surface area contributed by atoms with Crippen molar-refractivity contribution in [2.24, 2.45) is 5.73 Å². The predicted octanol–water partition coefficient (Wildman–Crippen LogP) is -0.00630. The third-order valence-corrected chi connectivity index (χ3v) is 3.41. The highest BCUT2D eigenvalue weighted by atomic mass is 32.2. The summed E-state index contributed by atoms with van der Waals surface area (Å²) >= 11 is 0. The number of hydrogen-bond donors (Lipinski definition) is 2. The monoisotopic (exact) mass is 312 g/mol. The second kappa shape index (κ2) is 7.55.